The Labute approximate surface area is 302 Å². The van der Waals surface area contributed by atoms with Crippen LogP contribution in [0.15, 0.2) is 164 Å². The molecule has 3 heteroatoms. The summed E-state index contributed by atoms with van der Waals surface area (Å²) in [6.45, 7) is 6.73. The number of benzene rings is 6. The average molecular weight is 809 g/mol. The Bertz CT molecular complexity index is 2270. The summed E-state index contributed by atoms with van der Waals surface area (Å²) in [5.74, 6) is 0. The molecule has 8 rings (SSSR count). The van der Waals surface area contributed by atoms with Crippen LogP contribution in [0.1, 0.15) is 26.3 Å². The molecule has 0 atom stereocenters. The third kappa shape index (κ3) is 7.60. The van der Waals surface area contributed by atoms with Gasteiger partial charge in [0.1, 0.15) is 0 Å². The summed E-state index contributed by atoms with van der Waals surface area (Å²) in [7, 11) is 0. The first-order chi connectivity index (χ1) is 23.4. The normalized spacial score (nSPS) is 11.0. The van der Waals surface area contributed by atoms with E-state index in [1.54, 1.807) is 6.20 Å². The molecule has 0 aliphatic rings. The zero-order valence-electron chi connectivity index (χ0n) is 27.8. The van der Waals surface area contributed by atoms with Gasteiger partial charge in [-0.15, -0.1) is 71.3 Å². The first-order valence-electron chi connectivity index (χ1n) is 16.3. The second-order valence-electron chi connectivity index (χ2n) is 12.9. The van der Waals surface area contributed by atoms with Gasteiger partial charge in [0.25, 0.3) is 0 Å². The number of rotatable bonds is 4. The molecular weight excluding hydrogens is 773 g/mol. The van der Waals surface area contributed by atoms with Crippen LogP contribution in [-0.4, -0.2) is 9.97 Å². The van der Waals surface area contributed by atoms with Gasteiger partial charge in [-0.2, -0.15) is 0 Å². The van der Waals surface area contributed by atoms with Crippen molar-refractivity contribution in [3.8, 4) is 44.8 Å². The number of pyridine rings is 2. The van der Waals surface area contributed by atoms with Crippen LogP contribution in [0, 0.1) is 12.1 Å². The van der Waals surface area contributed by atoms with E-state index < -0.39 is 0 Å². The Morgan fingerprint density at radius 2 is 1.16 bits per heavy atom. The summed E-state index contributed by atoms with van der Waals surface area (Å²) in [4.78, 5) is 8.93. The molecule has 0 bridgehead atoms. The molecule has 0 unspecified atom stereocenters. The second kappa shape index (κ2) is 14.9. The maximum absolute atomic E-state index is 4.71. The molecule has 0 amide bonds. The molecule has 0 saturated carbocycles. The van der Waals surface area contributed by atoms with Gasteiger partial charge in [-0.25, -0.2) is 0 Å². The zero-order chi connectivity index (χ0) is 32.9. The molecule has 0 aliphatic carbocycles. The first-order valence-corrected chi connectivity index (χ1v) is 16.3. The molecular formula is C46H36IrN2-2. The monoisotopic (exact) mass is 809 g/mol. The molecule has 1 radical (unpaired) electrons. The molecule has 241 valence electrons. The zero-order valence-corrected chi connectivity index (χ0v) is 30.2. The fourth-order valence-electron chi connectivity index (χ4n) is 6.07. The van der Waals surface area contributed by atoms with Crippen molar-refractivity contribution in [1.29, 1.82) is 0 Å². The van der Waals surface area contributed by atoms with Crippen molar-refractivity contribution in [2.75, 3.05) is 0 Å². The molecule has 0 N–H and O–H groups in total. The molecule has 2 aromatic heterocycles. The van der Waals surface area contributed by atoms with Crippen molar-refractivity contribution in [2.45, 2.75) is 26.2 Å². The van der Waals surface area contributed by atoms with Crippen molar-refractivity contribution in [2.24, 2.45) is 0 Å². The molecule has 8 aromatic rings. The summed E-state index contributed by atoms with van der Waals surface area (Å²) in [6, 6.07) is 59.3. The summed E-state index contributed by atoms with van der Waals surface area (Å²) in [5.41, 5.74) is 10.2. The number of hydrogen-bond acceptors (Lipinski definition) is 2. The standard InChI is InChI=1S/C35H28N.C11H8N.Ir/c1-35(2,3)29-17-15-24(16-18-29)25-19-20-36-34(23-25)28-11-8-10-26(21-28)33-22-27-9-4-5-12-30(27)31-13-6-7-14-32(31)33;1-2-6-10(7-3-1)11-8-4-5-9-12-11;/h4-10,12-23H,1-3H3;1-6,8-9H;/q2*-1;. The van der Waals surface area contributed by atoms with Gasteiger partial charge in [-0.05, 0) is 78.8 Å². The fraction of sp³-hybridized carbons (Fsp3) is 0.0870. The van der Waals surface area contributed by atoms with Gasteiger partial charge >= 0.3 is 0 Å². The SMILES string of the molecule is CC(C)(C)c1ccc(-c2ccnc(-c3[c-]ccc(-c4cc5ccccc5c5ccccc45)c3)c2)cc1.[Ir].[c-]1ccccc1-c1ccccn1. The molecule has 49 heavy (non-hydrogen) atoms. The minimum Gasteiger partial charge on any atom is -0.305 e. The quantitative estimate of drug-likeness (QED) is 0.131. The van der Waals surface area contributed by atoms with Gasteiger partial charge in [-0.3, -0.25) is 0 Å². The molecule has 2 heterocycles. The van der Waals surface area contributed by atoms with E-state index in [-0.39, 0.29) is 25.5 Å². The van der Waals surface area contributed by atoms with Crippen molar-refractivity contribution in [3.05, 3.63) is 182 Å². The van der Waals surface area contributed by atoms with Crippen molar-refractivity contribution < 1.29 is 20.1 Å². The first kappa shape index (κ1) is 33.7. The van der Waals surface area contributed by atoms with Crippen molar-refractivity contribution in [1.82, 2.24) is 9.97 Å². The van der Waals surface area contributed by atoms with Crippen molar-refractivity contribution in [3.63, 3.8) is 0 Å². The van der Waals surface area contributed by atoms with E-state index in [1.807, 2.05) is 54.7 Å². The largest absolute Gasteiger partial charge is 0.305 e. The Morgan fingerprint density at radius 1 is 0.469 bits per heavy atom. The van der Waals surface area contributed by atoms with Crippen LogP contribution in [0.2, 0.25) is 0 Å². The van der Waals surface area contributed by atoms with Crippen LogP contribution in [-0.2, 0) is 25.5 Å². The van der Waals surface area contributed by atoms with Crippen LogP contribution < -0.4 is 0 Å². The number of aromatic nitrogens is 2. The Hall–Kier alpha value is -5.21. The van der Waals surface area contributed by atoms with Crippen LogP contribution in [0.25, 0.3) is 66.3 Å². The number of hydrogen-bond donors (Lipinski definition) is 0. The summed E-state index contributed by atoms with van der Waals surface area (Å²) in [5, 5.41) is 5.07. The third-order valence-corrected chi connectivity index (χ3v) is 8.65. The molecule has 0 fully saturated rings. The van der Waals surface area contributed by atoms with E-state index in [0.717, 1.165) is 28.1 Å². The predicted molar refractivity (Wildman–Crippen MR) is 202 cm³/mol. The predicted octanol–water partition coefficient (Wildman–Crippen LogP) is 12.0. The average Bonchev–Trinajstić information content (AvgIpc) is 3.15. The van der Waals surface area contributed by atoms with Gasteiger partial charge < -0.3 is 9.97 Å². The third-order valence-electron chi connectivity index (χ3n) is 8.65. The molecule has 0 aliphatic heterocycles. The summed E-state index contributed by atoms with van der Waals surface area (Å²) >= 11 is 0. The van der Waals surface area contributed by atoms with Crippen LogP contribution in [0.3, 0.4) is 0 Å². The summed E-state index contributed by atoms with van der Waals surface area (Å²) < 4.78 is 0. The molecule has 0 spiro atoms. The van der Waals surface area contributed by atoms with E-state index in [0.29, 0.717) is 0 Å². The van der Waals surface area contributed by atoms with Gasteiger partial charge in [0.05, 0.1) is 0 Å². The Morgan fingerprint density at radius 3 is 1.90 bits per heavy atom. The van der Waals surface area contributed by atoms with E-state index in [9.17, 15) is 0 Å². The minimum absolute atomic E-state index is 0. The van der Waals surface area contributed by atoms with Crippen LogP contribution in [0.4, 0.5) is 0 Å². The van der Waals surface area contributed by atoms with Crippen LogP contribution in [0.5, 0.6) is 0 Å². The van der Waals surface area contributed by atoms with Gasteiger partial charge in [-0.1, -0.05) is 112 Å². The van der Waals surface area contributed by atoms with Crippen LogP contribution >= 0.6 is 0 Å². The van der Waals surface area contributed by atoms with E-state index >= 15 is 0 Å². The molecule has 6 aromatic carbocycles. The van der Waals surface area contributed by atoms with E-state index in [1.165, 1.54) is 43.8 Å². The maximum atomic E-state index is 4.71. The fourth-order valence-corrected chi connectivity index (χ4v) is 6.07. The topological polar surface area (TPSA) is 25.8 Å². The Balaban J connectivity index is 0.000000270. The van der Waals surface area contributed by atoms with Gasteiger partial charge in [0.2, 0.25) is 0 Å². The van der Waals surface area contributed by atoms with E-state index in [4.69, 9.17) is 4.98 Å². The molecule has 0 saturated heterocycles. The Kier molecular flexibility index (Phi) is 10.3. The smallest absolute Gasteiger partial charge is 0.0166 e. The van der Waals surface area contributed by atoms with Crippen molar-refractivity contribution >= 4 is 21.5 Å². The maximum Gasteiger partial charge on any atom is 0.0166 e. The summed E-state index contributed by atoms with van der Waals surface area (Å²) in [6.07, 6.45) is 3.68. The minimum atomic E-state index is 0. The molecule has 2 nitrogen and oxygen atoms in total. The number of nitrogens with zero attached hydrogens (tertiary/aromatic N) is 2. The van der Waals surface area contributed by atoms with E-state index in [2.05, 4.69) is 141 Å². The van der Waals surface area contributed by atoms with Gasteiger partial charge in [0, 0.05) is 32.5 Å². The van der Waals surface area contributed by atoms with Gasteiger partial charge in [0.15, 0.2) is 0 Å². The second-order valence-corrected chi connectivity index (χ2v) is 12.9. The number of fused-ring (bicyclic) bond motifs is 3.